The lowest BCUT2D eigenvalue weighted by atomic mass is 9.97. The number of fused-ring (bicyclic) bond motifs is 1. The molecule has 4 nitrogen and oxygen atoms in total. The van der Waals surface area contributed by atoms with Gasteiger partial charge in [0, 0.05) is 23.8 Å². The molecule has 1 fully saturated rings. The average Bonchev–Trinajstić information content (AvgIpc) is 3.14. The molecule has 1 atom stereocenters. The second-order valence-electron chi connectivity index (χ2n) is 6.95. The summed E-state index contributed by atoms with van der Waals surface area (Å²) in [4.78, 5) is 16.9. The minimum Gasteiger partial charge on any atom is -0.379 e. The molecule has 4 rings (SSSR count). The molecule has 26 heavy (non-hydrogen) atoms. The largest absolute Gasteiger partial charge is 0.379 e. The van der Waals surface area contributed by atoms with E-state index in [1.54, 1.807) is 0 Å². The van der Waals surface area contributed by atoms with Gasteiger partial charge >= 0.3 is 0 Å². The molecule has 0 radical (unpaired) electrons. The lowest BCUT2D eigenvalue weighted by Crippen LogP contribution is -2.34. The number of pyridine rings is 1. The number of benzene rings is 2. The van der Waals surface area contributed by atoms with Crippen LogP contribution in [0.25, 0.3) is 22.0 Å². The van der Waals surface area contributed by atoms with Gasteiger partial charge in [0.1, 0.15) is 0 Å². The summed E-state index contributed by atoms with van der Waals surface area (Å²) >= 11 is 0. The zero-order chi connectivity index (χ0) is 18.1. The molecule has 1 unspecified atom stereocenters. The number of ether oxygens (including phenoxy) is 1. The van der Waals surface area contributed by atoms with Gasteiger partial charge in [0.15, 0.2) is 0 Å². The molecule has 1 aliphatic heterocycles. The van der Waals surface area contributed by atoms with Gasteiger partial charge in [0.25, 0.3) is 5.91 Å². The highest BCUT2D eigenvalue weighted by Crippen LogP contribution is 2.30. The van der Waals surface area contributed by atoms with Crippen LogP contribution in [0.1, 0.15) is 27.9 Å². The van der Waals surface area contributed by atoms with Crippen molar-refractivity contribution < 1.29 is 9.53 Å². The Morgan fingerprint density at radius 2 is 1.96 bits per heavy atom. The molecule has 0 saturated carbocycles. The minimum atomic E-state index is -0.0432. The number of rotatable bonds is 3. The fourth-order valence-electron chi connectivity index (χ4n) is 3.58. The fourth-order valence-corrected chi connectivity index (χ4v) is 3.58. The maximum absolute atomic E-state index is 12.4. The predicted molar refractivity (Wildman–Crippen MR) is 103 cm³/mol. The summed E-state index contributed by atoms with van der Waals surface area (Å²) in [6.45, 7) is 5.51. The standard InChI is InChI=1S/C22H22N2O2/c1-14-11-15(2)21-20(12-14)19(7-9-23-21)16-3-5-17(6-4-16)22(25)24-18-8-10-26-13-18/h3-7,9,11-12,18H,8,10,13H2,1-2H3,(H,24,25). The van der Waals surface area contributed by atoms with Gasteiger partial charge in [-0.05, 0) is 61.2 Å². The molecule has 2 heterocycles. The molecule has 0 aliphatic carbocycles. The fraction of sp³-hybridized carbons (Fsp3) is 0.273. The first-order valence-corrected chi connectivity index (χ1v) is 8.97. The molecule has 1 aliphatic rings. The molecule has 1 saturated heterocycles. The van der Waals surface area contributed by atoms with Crippen LogP contribution in [-0.4, -0.2) is 30.1 Å². The lowest BCUT2D eigenvalue weighted by molar-refractivity contribution is 0.0930. The molecule has 0 bridgehead atoms. The zero-order valence-electron chi connectivity index (χ0n) is 15.1. The number of carbonyl (C=O) groups is 1. The van der Waals surface area contributed by atoms with Gasteiger partial charge in [0.05, 0.1) is 18.2 Å². The van der Waals surface area contributed by atoms with Crippen LogP contribution in [0.4, 0.5) is 0 Å². The highest BCUT2D eigenvalue weighted by molar-refractivity contribution is 5.98. The highest BCUT2D eigenvalue weighted by Gasteiger charge is 2.18. The van der Waals surface area contributed by atoms with E-state index in [1.165, 1.54) is 11.1 Å². The monoisotopic (exact) mass is 346 g/mol. The van der Waals surface area contributed by atoms with E-state index in [1.807, 2.05) is 36.5 Å². The third-order valence-corrected chi connectivity index (χ3v) is 4.90. The van der Waals surface area contributed by atoms with Crippen molar-refractivity contribution >= 4 is 16.8 Å². The number of aromatic nitrogens is 1. The van der Waals surface area contributed by atoms with Crippen LogP contribution >= 0.6 is 0 Å². The van der Waals surface area contributed by atoms with Gasteiger partial charge in [0.2, 0.25) is 0 Å². The molecule has 2 aromatic carbocycles. The van der Waals surface area contributed by atoms with Gasteiger partial charge in [-0.25, -0.2) is 0 Å². The first-order valence-electron chi connectivity index (χ1n) is 8.97. The smallest absolute Gasteiger partial charge is 0.251 e. The Labute approximate surface area is 153 Å². The lowest BCUT2D eigenvalue weighted by Gasteiger charge is -2.12. The molecule has 4 heteroatoms. The molecule has 1 aromatic heterocycles. The van der Waals surface area contributed by atoms with E-state index in [0.717, 1.165) is 35.1 Å². The average molecular weight is 346 g/mol. The summed E-state index contributed by atoms with van der Waals surface area (Å²) in [6, 6.07) is 14.3. The Balaban J connectivity index is 1.65. The van der Waals surface area contributed by atoms with Crippen LogP contribution < -0.4 is 5.32 Å². The van der Waals surface area contributed by atoms with Gasteiger partial charge < -0.3 is 10.1 Å². The van der Waals surface area contributed by atoms with Crippen molar-refractivity contribution in [3.05, 3.63) is 65.4 Å². The van der Waals surface area contributed by atoms with Crippen LogP contribution in [0.5, 0.6) is 0 Å². The Kier molecular flexibility index (Phi) is 4.43. The first kappa shape index (κ1) is 16.7. The van der Waals surface area contributed by atoms with Crippen molar-refractivity contribution in [2.45, 2.75) is 26.3 Å². The number of carbonyl (C=O) groups excluding carboxylic acids is 1. The van der Waals surface area contributed by atoms with E-state index >= 15 is 0 Å². The van der Waals surface area contributed by atoms with E-state index in [2.05, 4.69) is 36.3 Å². The molecule has 1 N–H and O–H groups in total. The summed E-state index contributed by atoms with van der Waals surface area (Å²) in [5.74, 6) is -0.0432. The molecule has 132 valence electrons. The molecular formula is C22H22N2O2. The van der Waals surface area contributed by atoms with Crippen molar-refractivity contribution in [1.29, 1.82) is 0 Å². The van der Waals surface area contributed by atoms with Crippen LogP contribution in [0.15, 0.2) is 48.7 Å². The normalized spacial score (nSPS) is 16.8. The topological polar surface area (TPSA) is 51.2 Å². The van der Waals surface area contributed by atoms with Gasteiger partial charge in [-0.15, -0.1) is 0 Å². The van der Waals surface area contributed by atoms with E-state index in [0.29, 0.717) is 12.2 Å². The van der Waals surface area contributed by atoms with E-state index in [4.69, 9.17) is 4.74 Å². The third-order valence-electron chi connectivity index (χ3n) is 4.90. The van der Waals surface area contributed by atoms with Crippen molar-refractivity contribution in [2.24, 2.45) is 0 Å². The first-order chi connectivity index (χ1) is 12.6. The van der Waals surface area contributed by atoms with E-state index < -0.39 is 0 Å². The van der Waals surface area contributed by atoms with Gasteiger partial charge in [-0.2, -0.15) is 0 Å². The second kappa shape index (κ2) is 6.89. The molecule has 3 aromatic rings. The summed E-state index contributed by atoms with van der Waals surface area (Å²) in [5.41, 5.74) is 6.32. The SMILES string of the molecule is Cc1cc(C)c2nccc(-c3ccc(C(=O)NC4CCOC4)cc3)c2c1. The Morgan fingerprint density at radius 1 is 1.15 bits per heavy atom. The van der Waals surface area contributed by atoms with Gasteiger partial charge in [-0.1, -0.05) is 23.8 Å². The van der Waals surface area contributed by atoms with Crippen molar-refractivity contribution in [1.82, 2.24) is 10.3 Å². The maximum atomic E-state index is 12.4. The third kappa shape index (κ3) is 3.20. The summed E-state index contributed by atoms with van der Waals surface area (Å²) in [7, 11) is 0. The number of nitrogens with one attached hydrogen (secondary N) is 1. The van der Waals surface area contributed by atoms with Crippen LogP contribution in [-0.2, 0) is 4.74 Å². The summed E-state index contributed by atoms with van der Waals surface area (Å²) in [6.07, 6.45) is 2.73. The van der Waals surface area contributed by atoms with Crippen LogP contribution in [0.2, 0.25) is 0 Å². The Morgan fingerprint density at radius 3 is 2.69 bits per heavy atom. The number of hydrogen-bond acceptors (Lipinski definition) is 3. The molecular weight excluding hydrogens is 324 g/mol. The highest BCUT2D eigenvalue weighted by atomic mass is 16.5. The van der Waals surface area contributed by atoms with Crippen molar-refractivity contribution in [3.8, 4) is 11.1 Å². The zero-order valence-corrected chi connectivity index (χ0v) is 15.1. The number of aryl methyl sites for hydroxylation is 2. The summed E-state index contributed by atoms with van der Waals surface area (Å²) < 4.78 is 5.31. The van der Waals surface area contributed by atoms with Crippen molar-refractivity contribution in [3.63, 3.8) is 0 Å². The quantitative estimate of drug-likeness (QED) is 0.779. The van der Waals surface area contributed by atoms with E-state index in [9.17, 15) is 4.79 Å². The molecule has 1 amide bonds. The molecule has 0 spiro atoms. The number of amides is 1. The summed E-state index contributed by atoms with van der Waals surface area (Å²) in [5, 5.41) is 4.17. The number of hydrogen-bond donors (Lipinski definition) is 1. The number of nitrogens with zero attached hydrogens (tertiary/aromatic N) is 1. The van der Waals surface area contributed by atoms with Gasteiger partial charge in [-0.3, -0.25) is 9.78 Å². The van der Waals surface area contributed by atoms with Crippen LogP contribution in [0, 0.1) is 13.8 Å². The van der Waals surface area contributed by atoms with Crippen LogP contribution in [0.3, 0.4) is 0 Å². The predicted octanol–water partition coefficient (Wildman–Crippen LogP) is 4.04. The maximum Gasteiger partial charge on any atom is 0.251 e. The minimum absolute atomic E-state index is 0.0432. The Hall–Kier alpha value is -2.72. The second-order valence-corrected chi connectivity index (χ2v) is 6.95. The van der Waals surface area contributed by atoms with Crippen molar-refractivity contribution in [2.75, 3.05) is 13.2 Å². The van der Waals surface area contributed by atoms with E-state index in [-0.39, 0.29) is 11.9 Å². The Bertz CT molecular complexity index is 958.